The molecule has 0 fully saturated rings. The Morgan fingerprint density at radius 2 is 2.17 bits per heavy atom. The number of nitrogens with zero attached hydrogens (tertiary/aromatic N) is 2. The van der Waals surface area contributed by atoms with Crippen LogP contribution in [-0.2, 0) is 16.1 Å². The SMILES string of the molecule is Cc1ccc2c(c1)=C(c1sc(=S)n(CCC(=O)O)c1O)C(=O)N=2. The fourth-order valence-electron chi connectivity index (χ4n) is 2.41. The maximum atomic E-state index is 12.2. The number of carbonyl (C=O) groups is 2. The molecule has 118 valence electrons. The standard InChI is InChI=1S/C15H12N2O4S2/c1-7-2-3-9-8(6-7)11(13(20)16-9)12-14(21)17(15(22)23-12)5-4-10(18)19/h2-3,6,21H,4-5H2,1H3,(H,18,19). The number of carboxylic acid groups (broad SMARTS) is 1. The van der Waals surface area contributed by atoms with Crippen molar-refractivity contribution in [1.82, 2.24) is 4.57 Å². The Labute approximate surface area is 139 Å². The lowest BCUT2D eigenvalue weighted by atomic mass is 10.1. The number of hydrogen-bond donors (Lipinski definition) is 2. The molecule has 2 N–H and O–H groups in total. The number of carbonyl (C=O) groups excluding carboxylic acids is 1. The number of benzene rings is 1. The molecule has 23 heavy (non-hydrogen) atoms. The zero-order chi connectivity index (χ0) is 16.7. The van der Waals surface area contributed by atoms with Gasteiger partial charge in [0.25, 0.3) is 5.91 Å². The highest BCUT2D eigenvalue weighted by Gasteiger charge is 2.25. The van der Waals surface area contributed by atoms with Crippen LogP contribution in [0, 0.1) is 10.9 Å². The Morgan fingerprint density at radius 1 is 1.43 bits per heavy atom. The Hall–Kier alpha value is -2.32. The van der Waals surface area contributed by atoms with E-state index in [1.165, 1.54) is 4.57 Å². The van der Waals surface area contributed by atoms with E-state index in [1.54, 1.807) is 6.07 Å². The number of aliphatic carboxylic acids is 1. The van der Waals surface area contributed by atoms with E-state index in [2.05, 4.69) is 4.99 Å². The summed E-state index contributed by atoms with van der Waals surface area (Å²) in [4.78, 5) is 27.3. The van der Waals surface area contributed by atoms with Gasteiger partial charge in [-0.05, 0) is 31.3 Å². The second-order valence-corrected chi connectivity index (χ2v) is 6.77. The summed E-state index contributed by atoms with van der Waals surface area (Å²) in [6.45, 7) is 1.95. The molecule has 0 radical (unpaired) electrons. The predicted octanol–water partition coefficient (Wildman–Crippen LogP) is 1.13. The van der Waals surface area contributed by atoms with E-state index in [0.717, 1.165) is 16.9 Å². The summed E-state index contributed by atoms with van der Waals surface area (Å²) < 4.78 is 1.65. The molecular formula is C15H12N2O4S2. The number of amides is 1. The molecule has 0 aliphatic carbocycles. The number of thiazole rings is 1. The monoisotopic (exact) mass is 348 g/mol. The van der Waals surface area contributed by atoms with Gasteiger partial charge < -0.3 is 10.2 Å². The van der Waals surface area contributed by atoms with Gasteiger partial charge in [0.1, 0.15) is 4.88 Å². The molecule has 0 saturated heterocycles. The van der Waals surface area contributed by atoms with Gasteiger partial charge in [-0.2, -0.15) is 0 Å². The molecule has 0 saturated carbocycles. The first-order valence-corrected chi connectivity index (χ1v) is 7.99. The van der Waals surface area contributed by atoms with Gasteiger partial charge in [0.15, 0.2) is 3.95 Å². The summed E-state index contributed by atoms with van der Waals surface area (Å²) in [6, 6.07) is 5.45. The third kappa shape index (κ3) is 2.71. The molecule has 0 spiro atoms. The number of carboxylic acids is 1. The number of fused-ring (bicyclic) bond motifs is 1. The normalized spacial score (nSPS) is 13.1. The smallest absolute Gasteiger partial charge is 0.305 e. The van der Waals surface area contributed by atoms with Crippen LogP contribution in [0.4, 0.5) is 0 Å². The fourth-order valence-corrected chi connectivity index (χ4v) is 3.80. The van der Waals surface area contributed by atoms with E-state index >= 15 is 0 Å². The molecule has 1 aromatic carbocycles. The van der Waals surface area contributed by atoms with E-state index in [-0.39, 0.29) is 18.8 Å². The molecule has 1 aliphatic rings. The molecule has 2 heterocycles. The lowest BCUT2D eigenvalue weighted by molar-refractivity contribution is -0.137. The number of rotatable bonds is 4. The molecule has 2 aromatic rings. The summed E-state index contributed by atoms with van der Waals surface area (Å²) >= 11 is 6.26. The molecule has 6 nitrogen and oxygen atoms in total. The third-order valence-electron chi connectivity index (χ3n) is 3.50. The van der Waals surface area contributed by atoms with Gasteiger partial charge in [-0.25, -0.2) is 4.99 Å². The van der Waals surface area contributed by atoms with Gasteiger partial charge in [0.2, 0.25) is 5.88 Å². The second kappa shape index (κ2) is 5.71. The number of hydrogen-bond acceptors (Lipinski definition) is 5. The molecule has 1 aromatic heterocycles. The summed E-state index contributed by atoms with van der Waals surface area (Å²) in [5, 5.41) is 20.4. The molecule has 1 amide bonds. The highest BCUT2D eigenvalue weighted by molar-refractivity contribution is 7.73. The second-order valence-electron chi connectivity index (χ2n) is 5.13. The average molecular weight is 348 g/mol. The maximum absolute atomic E-state index is 12.2. The molecule has 0 unspecified atom stereocenters. The first-order chi connectivity index (χ1) is 10.9. The predicted molar refractivity (Wildman–Crippen MR) is 86.5 cm³/mol. The summed E-state index contributed by atoms with van der Waals surface area (Å²) in [6.07, 6.45) is -0.165. The maximum Gasteiger partial charge on any atom is 0.305 e. The van der Waals surface area contributed by atoms with Gasteiger partial charge in [-0.1, -0.05) is 11.6 Å². The Bertz CT molecular complexity index is 1020. The fraction of sp³-hybridized carbons (Fsp3) is 0.200. The topological polar surface area (TPSA) is 91.9 Å². The number of aromatic nitrogens is 1. The third-order valence-corrected chi connectivity index (χ3v) is 4.96. The van der Waals surface area contributed by atoms with E-state index < -0.39 is 11.9 Å². The van der Waals surface area contributed by atoms with Crippen molar-refractivity contribution in [2.24, 2.45) is 4.99 Å². The first kappa shape index (κ1) is 15.6. The Morgan fingerprint density at radius 3 is 2.87 bits per heavy atom. The highest BCUT2D eigenvalue weighted by Crippen LogP contribution is 2.32. The van der Waals surface area contributed by atoms with Gasteiger partial charge in [0.05, 0.1) is 17.4 Å². The van der Waals surface area contributed by atoms with Crippen molar-refractivity contribution in [2.75, 3.05) is 0 Å². The zero-order valence-corrected chi connectivity index (χ0v) is 13.7. The molecule has 0 bridgehead atoms. The van der Waals surface area contributed by atoms with Crippen LogP contribution in [0.25, 0.3) is 5.57 Å². The van der Waals surface area contributed by atoms with Gasteiger partial charge in [-0.3, -0.25) is 14.2 Å². The van der Waals surface area contributed by atoms with Crippen LogP contribution in [0.15, 0.2) is 23.2 Å². The van der Waals surface area contributed by atoms with Crippen molar-refractivity contribution in [3.63, 3.8) is 0 Å². The van der Waals surface area contributed by atoms with Crippen molar-refractivity contribution >= 4 is 41.0 Å². The van der Waals surface area contributed by atoms with Crippen LogP contribution in [0.3, 0.4) is 0 Å². The van der Waals surface area contributed by atoms with Crippen LogP contribution in [0.1, 0.15) is 16.9 Å². The largest absolute Gasteiger partial charge is 0.493 e. The minimum absolute atomic E-state index is 0.0514. The molecular weight excluding hydrogens is 336 g/mol. The minimum Gasteiger partial charge on any atom is -0.493 e. The molecule has 1 aliphatic heterocycles. The summed E-state index contributed by atoms with van der Waals surface area (Å²) in [7, 11) is 0. The van der Waals surface area contributed by atoms with Crippen LogP contribution < -0.4 is 10.6 Å². The van der Waals surface area contributed by atoms with Crippen LogP contribution in [-0.4, -0.2) is 26.7 Å². The summed E-state index contributed by atoms with van der Waals surface area (Å²) in [5.41, 5.74) is 1.28. The lowest BCUT2D eigenvalue weighted by Crippen LogP contribution is -2.23. The van der Waals surface area contributed by atoms with Gasteiger partial charge in [0, 0.05) is 11.8 Å². The van der Waals surface area contributed by atoms with E-state index in [4.69, 9.17) is 17.3 Å². The lowest BCUT2D eigenvalue weighted by Gasteiger charge is -2.03. The minimum atomic E-state index is -0.986. The Kier molecular flexibility index (Phi) is 3.87. The highest BCUT2D eigenvalue weighted by atomic mass is 32.1. The van der Waals surface area contributed by atoms with Crippen LogP contribution >= 0.6 is 23.6 Å². The van der Waals surface area contributed by atoms with Crippen molar-refractivity contribution in [2.45, 2.75) is 19.9 Å². The first-order valence-electron chi connectivity index (χ1n) is 6.77. The van der Waals surface area contributed by atoms with Crippen LogP contribution in [0.5, 0.6) is 5.88 Å². The van der Waals surface area contributed by atoms with Crippen molar-refractivity contribution in [3.8, 4) is 5.88 Å². The van der Waals surface area contributed by atoms with Gasteiger partial charge in [-0.15, -0.1) is 11.3 Å². The van der Waals surface area contributed by atoms with E-state index in [0.29, 0.717) is 25.0 Å². The van der Waals surface area contributed by atoms with Crippen molar-refractivity contribution in [3.05, 3.63) is 43.2 Å². The number of aromatic hydroxyl groups is 1. The zero-order valence-electron chi connectivity index (χ0n) is 12.1. The quantitative estimate of drug-likeness (QED) is 0.808. The van der Waals surface area contributed by atoms with Gasteiger partial charge >= 0.3 is 5.97 Å². The van der Waals surface area contributed by atoms with Crippen molar-refractivity contribution in [1.29, 1.82) is 0 Å². The van der Waals surface area contributed by atoms with Crippen molar-refractivity contribution < 1.29 is 19.8 Å². The van der Waals surface area contributed by atoms with E-state index in [9.17, 15) is 14.7 Å². The molecule has 0 atom stereocenters. The van der Waals surface area contributed by atoms with Crippen LogP contribution in [0.2, 0.25) is 0 Å². The molecule has 8 heteroatoms. The average Bonchev–Trinajstić information content (AvgIpc) is 2.93. The van der Waals surface area contributed by atoms with E-state index in [1.807, 2.05) is 19.1 Å². The molecule has 3 rings (SSSR count). The number of aryl methyl sites for hydroxylation is 1. The summed E-state index contributed by atoms with van der Waals surface area (Å²) in [5.74, 6) is -1.60. The Balaban J connectivity index is 2.20.